The molecule has 4 rings (SSSR count). The first-order chi connectivity index (χ1) is 17.3. The molecule has 1 unspecified atom stereocenters. The van der Waals surface area contributed by atoms with Crippen LogP contribution in [0.4, 0.5) is 32.0 Å². The van der Waals surface area contributed by atoms with Gasteiger partial charge in [-0.15, -0.1) is 0 Å². The molecule has 37 heavy (non-hydrogen) atoms. The zero-order valence-corrected chi connectivity index (χ0v) is 19.4. The number of carbonyl (C=O) groups is 1. The van der Waals surface area contributed by atoms with Crippen LogP contribution in [0.1, 0.15) is 45.7 Å². The Morgan fingerprint density at radius 3 is 2.41 bits per heavy atom. The molecule has 3 heterocycles. The van der Waals surface area contributed by atoms with Crippen LogP contribution in [0.15, 0.2) is 67.3 Å². The molecule has 6 nitrogen and oxygen atoms in total. The van der Waals surface area contributed by atoms with E-state index < -0.39 is 41.0 Å². The van der Waals surface area contributed by atoms with E-state index in [1.807, 2.05) is 0 Å². The molecule has 12 heteroatoms. The van der Waals surface area contributed by atoms with Gasteiger partial charge in [0.05, 0.1) is 39.8 Å². The number of hydrogen-bond acceptors (Lipinski definition) is 4. The first-order valence-electron chi connectivity index (χ1n) is 10.9. The highest BCUT2D eigenvalue weighted by atomic mass is 19.4. The number of aromatic nitrogens is 4. The molecule has 192 valence electrons. The fraction of sp³-hybridized carbons (Fsp3) is 0.200. The average Bonchev–Trinajstić information content (AvgIpc) is 3.22. The predicted molar refractivity (Wildman–Crippen MR) is 123 cm³/mol. The highest BCUT2D eigenvalue weighted by Crippen LogP contribution is 2.40. The number of nitrogens with one attached hydrogen (secondary N) is 1. The highest BCUT2D eigenvalue weighted by Gasteiger charge is 2.39. The first kappa shape index (κ1) is 25.9. The molecule has 1 atom stereocenters. The van der Waals surface area contributed by atoms with E-state index in [9.17, 15) is 31.1 Å². The number of hydrogen-bond donors (Lipinski definition) is 1. The second-order valence-electron chi connectivity index (χ2n) is 8.21. The van der Waals surface area contributed by atoms with Crippen molar-refractivity contribution in [1.29, 1.82) is 0 Å². The molecule has 0 saturated carbocycles. The molecule has 0 fully saturated rings. The minimum Gasteiger partial charge on any atom is -0.319 e. The van der Waals surface area contributed by atoms with Crippen molar-refractivity contribution in [3.63, 3.8) is 0 Å². The third-order valence-corrected chi connectivity index (χ3v) is 5.66. The number of anilines is 1. The van der Waals surface area contributed by atoms with Crippen molar-refractivity contribution in [3.05, 3.63) is 95.2 Å². The van der Waals surface area contributed by atoms with Gasteiger partial charge in [0.1, 0.15) is 0 Å². The van der Waals surface area contributed by atoms with Crippen LogP contribution in [0, 0.1) is 6.92 Å². The van der Waals surface area contributed by atoms with Crippen molar-refractivity contribution in [3.8, 4) is 11.3 Å². The van der Waals surface area contributed by atoms with Crippen LogP contribution in [0.25, 0.3) is 11.3 Å². The van der Waals surface area contributed by atoms with E-state index in [4.69, 9.17) is 0 Å². The Morgan fingerprint density at radius 1 is 1.00 bits per heavy atom. The molecule has 1 aromatic carbocycles. The monoisotopic (exact) mass is 519 g/mol. The van der Waals surface area contributed by atoms with Crippen molar-refractivity contribution in [1.82, 2.24) is 19.7 Å². The number of pyridine rings is 2. The Bertz CT molecular complexity index is 1430. The zero-order valence-electron chi connectivity index (χ0n) is 19.4. The molecule has 3 aromatic heterocycles. The van der Waals surface area contributed by atoms with Crippen molar-refractivity contribution < 1.29 is 31.1 Å². The number of carbonyl (C=O) groups excluding carboxylic acids is 1. The lowest BCUT2D eigenvalue weighted by molar-refractivity contribution is -0.143. The largest absolute Gasteiger partial charge is 0.416 e. The summed E-state index contributed by atoms with van der Waals surface area (Å²) in [7, 11) is 0. The molecule has 0 spiro atoms. The van der Waals surface area contributed by atoms with Gasteiger partial charge in [-0.05, 0) is 49.7 Å². The van der Waals surface area contributed by atoms with Gasteiger partial charge in [-0.1, -0.05) is 12.1 Å². The molecule has 0 radical (unpaired) electrons. The summed E-state index contributed by atoms with van der Waals surface area (Å²) in [4.78, 5) is 21.1. The van der Waals surface area contributed by atoms with E-state index in [1.165, 1.54) is 19.3 Å². The number of nitrogens with zero attached hydrogens (tertiary/aromatic N) is 4. The molecular weight excluding hydrogens is 500 g/mol. The van der Waals surface area contributed by atoms with Crippen LogP contribution in [0.5, 0.6) is 0 Å². The molecule has 0 saturated heterocycles. The maximum Gasteiger partial charge on any atom is 0.416 e. The quantitative estimate of drug-likeness (QED) is 0.304. The lowest BCUT2D eigenvalue weighted by Crippen LogP contribution is -2.18. The third-order valence-electron chi connectivity index (χ3n) is 5.66. The van der Waals surface area contributed by atoms with Crippen LogP contribution in [0.2, 0.25) is 0 Å². The summed E-state index contributed by atoms with van der Waals surface area (Å²) in [6, 6.07) is 7.27. The van der Waals surface area contributed by atoms with Crippen LogP contribution in [-0.2, 0) is 12.4 Å². The predicted octanol–water partition coefficient (Wildman–Crippen LogP) is 6.55. The van der Waals surface area contributed by atoms with Crippen molar-refractivity contribution in [2.24, 2.45) is 0 Å². The molecule has 0 aliphatic carbocycles. The number of rotatable bonds is 5. The van der Waals surface area contributed by atoms with Crippen LogP contribution < -0.4 is 5.32 Å². The Hall–Kier alpha value is -4.22. The van der Waals surface area contributed by atoms with Crippen molar-refractivity contribution in [2.75, 3.05) is 5.32 Å². The first-order valence-corrected chi connectivity index (χ1v) is 10.9. The van der Waals surface area contributed by atoms with Gasteiger partial charge in [-0.25, -0.2) is 0 Å². The van der Waals surface area contributed by atoms with E-state index in [0.717, 1.165) is 10.7 Å². The number of aryl methyl sites for hydroxylation is 1. The Kier molecular flexibility index (Phi) is 6.76. The normalized spacial score (nSPS) is 12.9. The van der Waals surface area contributed by atoms with E-state index >= 15 is 0 Å². The van der Waals surface area contributed by atoms with Gasteiger partial charge in [-0.2, -0.15) is 31.4 Å². The summed E-state index contributed by atoms with van der Waals surface area (Å²) in [5.74, 6) is -0.536. The average molecular weight is 519 g/mol. The summed E-state index contributed by atoms with van der Waals surface area (Å²) in [5, 5.41) is 6.83. The van der Waals surface area contributed by atoms with Gasteiger partial charge in [0.2, 0.25) is 0 Å². The Balaban J connectivity index is 1.61. The van der Waals surface area contributed by atoms with Gasteiger partial charge < -0.3 is 5.32 Å². The van der Waals surface area contributed by atoms with Crippen molar-refractivity contribution >= 4 is 11.6 Å². The third kappa shape index (κ3) is 5.63. The van der Waals surface area contributed by atoms with E-state index in [-0.39, 0.29) is 17.3 Å². The zero-order chi connectivity index (χ0) is 27.0. The standard InChI is InChI=1S/C25H19F6N5O/c1-14-22(34-23(37)17-9-16(11-32-12-17)21-5-3-4-8-33-21)13-36(35-14)15(2)19-7-6-18(24(26,27)28)10-20(19)25(29,30)31/h3-13,15H,1-2H3,(H,34,37). The molecule has 0 bridgehead atoms. The molecule has 1 N–H and O–H groups in total. The van der Waals surface area contributed by atoms with E-state index in [2.05, 4.69) is 20.4 Å². The number of benzene rings is 1. The summed E-state index contributed by atoms with van der Waals surface area (Å²) in [5.41, 5.74) is -1.25. The lowest BCUT2D eigenvalue weighted by Gasteiger charge is -2.20. The summed E-state index contributed by atoms with van der Waals surface area (Å²) in [6.07, 6.45) is -4.12. The highest BCUT2D eigenvalue weighted by molar-refractivity contribution is 6.04. The van der Waals surface area contributed by atoms with Crippen LogP contribution in [0.3, 0.4) is 0 Å². The number of alkyl halides is 6. The second-order valence-corrected chi connectivity index (χ2v) is 8.21. The van der Waals surface area contributed by atoms with Gasteiger partial charge in [0, 0.05) is 30.4 Å². The van der Waals surface area contributed by atoms with Crippen LogP contribution >= 0.6 is 0 Å². The molecule has 0 aliphatic heterocycles. The fourth-order valence-corrected chi connectivity index (χ4v) is 3.72. The van der Waals surface area contributed by atoms with Gasteiger partial charge >= 0.3 is 12.4 Å². The lowest BCUT2D eigenvalue weighted by atomic mass is 9.98. The number of halogens is 6. The van der Waals surface area contributed by atoms with Gasteiger partial charge in [0.15, 0.2) is 0 Å². The number of amides is 1. The molecule has 0 aliphatic rings. The maximum absolute atomic E-state index is 13.6. The molecule has 4 aromatic rings. The minimum atomic E-state index is -5.02. The van der Waals surface area contributed by atoms with E-state index in [1.54, 1.807) is 43.6 Å². The second kappa shape index (κ2) is 9.68. The minimum absolute atomic E-state index is 0.0897. The maximum atomic E-state index is 13.6. The topological polar surface area (TPSA) is 72.7 Å². The van der Waals surface area contributed by atoms with Crippen LogP contribution in [-0.4, -0.2) is 25.7 Å². The SMILES string of the molecule is Cc1nn(C(C)c2ccc(C(F)(F)F)cc2C(F)(F)F)cc1NC(=O)c1cncc(-c2ccccn2)c1. The van der Waals surface area contributed by atoms with Crippen molar-refractivity contribution in [2.45, 2.75) is 32.2 Å². The fourth-order valence-electron chi connectivity index (χ4n) is 3.72. The van der Waals surface area contributed by atoms with E-state index in [0.29, 0.717) is 23.0 Å². The van der Waals surface area contributed by atoms with Gasteiger partial charge in [-0.3, -0.25) is 19.4 Å². The summed E-state index contributed by atoms with van der Waals surface area (Å²) in [6.45, 7) is 2.91. The Morgan fingerprint density at radius 2 is 1.76 bits per heavy atom. The summed E-state index contributed by atoms with van der Waals surface area (Å²) < 4.78 is 81.1. The smallest absolute Gasteiger partial charge is 0.319 e. The molecule has 1 amide bonds. The molecular formula is C25H19F6N5O. The Labute approximate surface area is 207 Å². The summed E-state index contributed by atoms with van der Waals surface area (Å²) >= 11 is 0. The van der Waals surface area contributed by atoms with Gasteiger partial charge in [0.25, 0.3) is 5.91 Å².